The molecule has 0 atom stereocenters. The van der Waals surface area contributed by atoms with Crippen LogP contribution in [-0.4, -0.2) is 35.7 Å². The molecule has 4 rings (SSSR count). The minimum absolute atomic E-state index is 0.0179. The first-order valence-corrected chi connectivity index (χ1v) is 10.7. The first kappa shape index (κ1) is 22.5. The maximum Gasteiger partial charge on any atom is 0.338 e. The van der Waals surface area contributed by atoms with Crippen LogP contribution in [0.5, 0.6) is 5.75 Å². The van der Waals surface area contributed by atoms with Crippen molar-refractivity contribution in [2.24, 2.45) is 0 Å². The van der Waals surface area contributed by atoms with E-state index in [1.807, 2.05) is 4.90 Å². The standard InChI is InChI=1S/C22H23N3O8/c26-22(32-13-17-10-18(24(27)28)9-16-12-31-14-33-21(16)17)15-5-6-19(20(11-15)25(29)30)23-7-3-1-2-4-8-23/h5-6,9-11H,1-4,7-8,12-14H2. The number of hydrogen-bond acceptors (Lipinski definition) is 9. The normalized spacial score (nSPS) is 15.7. The van der Waals surface area contributed by atoms with Gasteiger partial charge in [-0.2, -0.15) is 0 Å². The number of benzene rings is 2. The quantitative estimate of drug-likeness (QED) is 0.357. The second kappa shape index (κ2) is 9.82. The van der Waals surface area contributed by atoms with Crippen LogP contribution >= 0.6 is 0 Å². The van der Waals surface area contributed by atoms with E-state index in [9.17, 15) is 25.0 Å². The summed E-state index contributed by atoms with van der Waals surface area (Å²) in [6.45, 7) is 1.29. The van der Waals surface area contributed by atoms with E-state index in [1.165, 1.54) is 24.3 Å². The molecule has 0 unspecified atom stereocenters. The van der Waals surface area contributed by atoms with Gasteiger partial charge in [-0.05, 0) is 25.0 Å². The highest BCUT2D eigenvalue weighted by Gasteiger charge is 2.25. The van der Waals surface area contributed by atoms with Gasteiger partial charge in [-0.15, -0.1) is 0 Å². The Labute approximate surface area is 189 Å². The molecule has 2 aliphatic heterocycles. The largest absolute Gasteiger partial charge is 0.467 e. The Morgan fingerprint density at radius 1 is 1.03 bits per heavy atom. The van der Waals surface area contributed by atoms with Crippen LogP contribution in [0.1, 0.15) is 47.2 Å². The van der Waals surface area contributed by atoms with Crippen LogP contribution in [0.2, 0.25) is 0 Å². The molecule has 1 fully saturated rings. The van der Waals surface area contributed by atoms with Crippen molar-refractivity contribution in [3.63, 3.8) is 0 Å². The number of anilines is 1. The first-order chi connectivity index (χ1) is 15.9. The smallest absolute Gasteiger partial charge is 0.338 e. The minimum atomic E-state index is -0.771. The number of nitrogens with zero attached hydrogens (tertiary/aromatic N) is 3. The summed E-state index contributed by atoms with van der Waals surface area (Å²) in [6, 6.07) is 6.93. The summed E-state index contributed by atoms with van der Waals surface area (Å²) in [5.41, 5.74) is 1.000. The van der Waals surface area contributed by atoms with Crippen molar-refractivity contribution in [2.45, 2.75) is 38.9 Å². The summed E-state index contributed by atoms with van der Waals surface area (Å²) in [7, 11) is 0. The molecule has 33 heavy (non-hydrogen) atoms. The second-order valence-electron chi connectivity index (χ2n) is 7.90. The van der Waals surface area contributed by atoms with Crippen molar-refractivity contribution in [3.05, 3.63) is 67.3 Å². The zero-order valence-electron chi connectivity index (χ0n) is 17.9. The fraction of sp³-hybridized carbons (Fsp3) is 0.409. The van der Waals surface area contributed by atoms with Crippen molar-refractivity contribution in [1.29, 1.82) is 0 Å². The van der Waals surface area contributed by atoms with Crippen LogP contribution < -0.4 is 9.64 Å². The fourth-order valence-corrected chi connectivity index (χ4v) is 4.10. The lowest BCUT2D eigenvalue weighted by atomic mass is 10.1. The van der Waals surface area contributed by atoms with Crippen LogP contribution in [0.25, 0.3) is 0 Å². The average Bonchev–Trinajstić information content (AvgIpc) is 3.11. The topological polar surface area (TPSA) is 134 Å². The molecule has 2 aromatic rings. The second-order valence-corrected chi connectivity index (χ2v) is 7.90. The van der Waals surface area contributed by atoms with Gasteiger partial charge < -0.3 is 19.1 Å². The van der Waals surface area contributed by atoms with Gasteiger partial charge in [0.2, 0.25) is 0 Å². The predicted molar refractivity (Wildman–Crippen MR) is 116 cm³/mol. The van der Waals surface area contributed by atoms with Gasteiger partial charge in [-0.1, -0.05) is 12.8 Å². The van der Waals surface area contributed by atoms with Crippen molar-refractivity contribution >= 4 is 23.0 Å². The number of ether oxygens (including phenoxy) is 3. The molecular weight excluding hydrogens is 434 g/mol. The number of carbonyl (C=O) groups is 1. The van der Waals surface area contributed by atoms with Crippen LogP contribution in [0, 0.1) is 20.2 Å². The number of nitro benzene ring substituents is 2. The molecule has 0 N–H and O–H groups in total. The predicted octanol–water partition coefficient (Wildman–Crippen LogP) is 4.11. The Bertz CT molecular complexity index is 1080. The number of hydrogen-bond donors (Lipinski definition) is 0. The molecule has 0 aliphatic carbocycles. The molecule has 0 bridgehead atoms. The molecule has 2 aromatic carbocycles. The average molecular weight is 457 g/mol. The molecule has 0 spiro atoms. The number of rotatable bonds is 6. The van der Waals surface area contributed by atoms with Crippen LogP contribution in [0.15, 0.2) is 30.3 Å². The SMILES string of the molecule is O=C(OCc1cc([N+](=O)[O-])cc2c1OCOC2)c1ccc(N2CCCCCC2)c([N+](=O)[O-])c1. The number of nitro groups is 2. The summed E-state index contributed by atoms with van der Waals surface area (Å²) < 4.78 is 15.9. The summed E-state index contributed by atoms with van der Waals surface area (Å²) in [6.07, 6.45) is 4.10. The van der Waals surface area contributed by atoms with Gasteiger partial charge >= 0.3 is 5.97 Å². The molecule has 1 saturated heterocycles. The molecule has 0 radical (unpaired) electrons. The summed E-state index contributed by atoms with van der Waals surface area (Å²) in [5.74, 6) is -0.394. The third-order valence-electron chi connectivity index (χ3n) is 5.70. The summed E-state index contributed by atoms with van der Waals surface area (Å²) in [4.78, 5) is 36.5. The third-order valence-corrected chi connectivity index (χ3v) is 5.70. The van der Waals surface area contributed by atoms with E-state index in [0.29, 0.717) is 22.6 Å². The lowest BCUT2D eigenvalue weighted by Crippen LogP contribution is -2.25. The highest BCUT2D eigenvalue weighted by molar-refractivity contribution is 5.91. The lowest BCUT2D eigenvalue weighted by molar-refractivity contribution is -0.385. The third kappa shape index (κ3) is 5.03. The van der Waals surface area contributed by atoms with Crippen molar-refractivity contribution in [2.75, 3.05) is 24.8 Å². The van der Waals surface area contributed by atoms with E-state index in [-0.39, 0.29) is 36.9 Å². The zero-order chi connectivity index (χ0) is 23.4. The van der Waals surface area contributed by atoms with Crippen LogP contribution in [0.3, 0.4) is 0 Å². The molecule has 2 aliphatic rings. The Balaban J connectivity index is 1.54. The first-order valence-electron chi connectivity index (χ1n) is 10.7. The van der Waals surface area contributed by atoms with Gasteiger partial charge in [-0.3, -0.25) is 20.2 Å². The van der Waals surface area contributed by atoms with Gasteiger partial charge in [0.15, 0.2) is 6.79 Å². The Hall–Kier alpha value is -3.73. The van der Waals surface area contributed by atoms with Crippen molar-refractivity contribution in [3.8, 4) is 5.75 Å². The highest BCUT2D eigenvalue weighted by Crippen LogP contribution is 2.34. The Kier molecular flexibility index (Phi) is 6.68. The van der Waals surface area contributed by atoms with Crippen LogP contribution in [0.4, 0.5) is 17.1 Å². The number of fused-ring (bicyclic) bond motifs is 1. The molecule has 2 heterocycles. The maximum absolute atomic E-state index is 12.7. The Morgan fingerprint density at radius 2 is 1.79 bits per heavy atom. The summed E-state index contributed by atoms with van der Waals surface area (Å²) >= 11 is 0. The van der Waals surface area contributed by atoms with E-state index in [0.717, 1.165) is 38.8 Å². The Morgan fingerprint density at radius 3 is 2.48 bits per heavy atom. The molecule has 0 saturated carbocycles. The van der Waals surface area contributed by atoms with E-state index >= 15 is 0 Å². The van der Waals surface area contributed by atoms with Gasteiger partial charge in [0.25, 0.3) is 11.4 Å². The lowest BCUT2D eigenvalue weighted by Gasteiger charge is -2.22. The fourth-order valence-electron chi connectivity index (χ4n) is 4.10. The zero-order valence-corrected chi connectivity index (χ0v) is 17.9. The monoisotopic (exact) mass is 457 g/mol. The van der Waals surface area contributed by atoms with E-state index in [4.69, 9.17) is 14.2 Å². The molecule has 11 nitrogen and oxygen atoms in total. The molecule has 0 aromatic heterocycles. The van der Waals surface area contributed by atoms with E-state index < -0.39 is 15.8 Å². The van der Waals surface area contributed by atoms with Crippen molar-refractivity contribution in [1.82, 2.24) is 0 Å². The number of esters is 1. The van der Waals surface area contributed by atoms with E-state index in [2.05, 4.69) is 0 Å². The summed E-state index contributed by atoms with van der Waals surface area (Å²) in [5, 5.41) is 22.9. The molecule has 11 heteroatoms. The van der Waals surface area contributed by atoms with Gasteiger partial charge in [0.1, 0.15) is 18.0 Å². The van der Waals surface area contributed by atoms with Gasteiger partial charge in [0.05, 0.1) is 22.0 Å². The number of carbonyl (C=O) groups excluding carboxylic acids is 1. The van der Waals surface area contributed by atoms with E-state index in [1.54, 1.807) is 6.07 Å². The van der Waals surface area contributed by atoms with Gasteiger partial charge in [0, 0.05) is 42.4 Å². The molecule has 0 amide bonds. The highest BCUT2D eigenvalue weighted by atomic mass is 16.7. The van der Waals surface area contributed by atoms with Crippen LogP contribution in [-0.2, 0) is 22.7 Å². The maximum atomic E-state index is 12.7. The number of non-ortho nitro benzene ring substituents is 1. The van der Waals surface area contributed by atoms with Gasteiger partial charge in [-0.25, -0.2) is 4.79 Å². The van der Waals surface area contributed by atoms with Crippen molar-refractivity contribution < 1.29 is 28.9 Å². The minimum Gasteiger partial charge on any atom is -0.467 e. The molecular formula is C22H23N3O8. The molecule has 174 valence electrons.